The fourth-order valence-corrected chi connectivity index (χ4v) is 0.723. The second kappa shape index (κ2) is 5.82. The fourth-order valence-electron chi connectivity index (χ4n) is 0.723. The van der Waals surface area contributed by atoms with Crippen LogP contribution in [0, 0.1) is 0 Å². The summed E-state index contributed by atoms with van der Waals surface area (Å²) in [6.45, 7) is 0. The first-order chi connectivity index (χ1) is 6.18. The van der Waals surface area contributed by atoms with Crippen LogP contribution in [-0.4, -0.2) is 17.3 Å². The minimum Gasteiger partial charge on any atom is -0.508 e. The molecule has 1 rings (SSSR count). The Morgan fingerprint density at radius 3 is 2.29 bits per heavy atom. The molecule has 0 radical (unpaired) electrons. The summed E-state index contributed by atoms with van der Waals surface area (Å²) in [5, 5.41) is 16.0. The van der Waals surface area contributed by atoms with Gasteiger partial charge in [0.2, 0.25) is 5.96 Å². The van der Waals surface area contributed by atoms with Gasteiger partial charge in [-0.2, -0.15) is 5.10 Å². The number of halogens is 1. The van der Waals surface area contributed by atoms with Gasteiger partial charge in [-0.3, -0.25) is 0 Å². The molecule has 0 amide bonds. The van der Waals surface area contributed by atoms with Gasteiger partial charge in [-0.05, 0) is 29.8 Å². The largest absolute Gasteiger partial charge is 0.508 e. The van der Waals surface area contributed by atoms with E-state index in [0.717, 1.165) is 5.56 Å². The lowest BCUT2D eigenvalue weighted by atomic mass is 10.2. The van der Waals surface area contributed by atoms with Gasteiger partial charge in [0.05, 0.1) is 6.21 Å². The van der Waals surface area contributed by atoms with Gasteiger partial charge in [0.25, 0.3) is 0 Å². The van der Waals surface area contributed by atoms with Crippen LogP contribution in [0.25, 0.3) is 0 Å². The lowest BCUT2D eigenvalue weighted by Gasteiger charge is -1.91. The molecule has 6 heteroatoms. The molecule has 0 unspecified atom stereocenters. The first kappa shape index (κ1) is 12.2. The predicted octanol–water partition coefficient (Wildman–Crippen LogP) is 0.421. The number of nitrogens with zero attached hydrogens (tertiary/aromatic N) is 2. The molecule has 0 fully saturated rings. The highest BCUT2D eigenvalue weighted by atomic mass is 35.5. The van der Waals surface area contributed by atoms with Crippen molar-refractivity contribution in [3.63, 3.8) is 0 Å². The molecule has 0 bridgehead atoms. The third kappa shape index (κ3) is 4.32. The molecule has 14 heavy (non-hydrogen) atoms. The van der Waals surface area contributed by atoms with E-state index in [9.17, 15) is 0 Å². The first-order valence-corrected chi connectivity index (χ1v) is 3.59. The van der Waals surface area contributed by atoms with E-state index in [1.54, 1.807) is 24.3 Å². The molecule has 0 spiro atoms. The predicted molar refractivity (Wildman–Crippen MR) is 58.8 cm³/mol. The number of phenols is 1. The van der Waals surface area contributed by atoms with Crippen molar-refractivity contribution >= 4 is 24.6 Å². The number of nitrogens with two attached hydrogens (primary N) is 2. The van der Waals surface area contributed by atoms with Crippen LogP contribution in [0.4, 0.5) is 0 Å². The standard InChI is InChI=1S/C8H10N4O.ClH/c9-8(10)12-11-5-6-1-3-7(13)4-2-6;/h1-5,13H,(H4,9,10,12);1H/b11-5+;. The summed E-state index contributed by atoms with van der Waals surface area (Å²) in [7, 11) is 0. The van der Waals surface area contributed by atoms with E-state index in [0.29, 0.717) is 0 Å². The normalized spacial score (nSPS) is 9.43. The summed E-state index contributed by atoms with van der Waals surface area (Å²) in [6, 6.07) is 6.50. The zero-order chi connectivity index (χ0) is 9.68. The molecule has 0 saturated heterocycles. The van der Waals surface area contributed by atoms with Crippen LogP contribution in [0.15, 0.2) is 34.5 Å². The molecule has 0 aliphatic heterocycles. The van der Waals surface area contributed by atoms with Crippen molar-refractivity contribution in [1.29, 1.82) is 0 Å². The first-order valence-electron chi connectivity index (χ1n) is 3.59. The molecule has 0 heterocycles. The van der Waals surface area contributed by atoms with E-state index in [-0.39, 0.29) is 24.1 Å². The van der Waals surface area contributed by atoms with Crippen molar-refractivity contribution in [3.05, 3.63) is 29.8 Å². The molecule has 0 aliphatic rings. The third-order valence-corrected chi connectivity index (χ3v) is 1.27. The molecule has 1 aromatic rings. The number of hydrogen-bond donors (Lipinski definition) is 3. The third-order valence-electron chi connectivity index (χ3n) is 1.27. The Labute approximate surface area is 87.5 Å². The fraction of sp³-hybridized carbons (Fsp3) is 0. The Balaban J connectivity index is 0.00000169. The number of benzene rings is 1. The van der Waals surface area contributed by atoms with Crippen molar-refractivity contribution in [2.75, 3.05) is 0 Å². The van der Waals surface area contributed by atoms with Gasteiger partial charge < -0.3 is 16.6 Å². The van der Waals surface area contributed by atoms with E-state index >= 15 is 0 Å². The highest BCUT2D eigenvalue weighted by Crippen LogP contribution is 2.07. The molecular formula is C8H11ClN4O. The number of guanidine groups is 1. The van der Waals surface area contributed by atoms with Crippen LogP contribution >= 0.6 is 12.4 Å². The zero-order valence-corrected chi connectivity index (χ0v) is 8.11. The van der Waals surface area contributed by atoms with Gasteiger partial charge in [-0.25, -0.2) is 0 Å². The summed E-state index contributed by atoms with van der Waals surface area (Å²) in [4.78, 5) is 0. The number of aromatic hydroxyl groups is 1. The molecule has 0 aromatic heterocycles. The Kier molecular flexibility index (Phi) is 5.09. The summed E-state index contributed by atoms with van der Waals surface area (Å²) in [6.07, 6.45) is 1.49. The maximum atomic E-state index is 8.96. The summed E-state index contributed by atoms with van der Waals surface area (Å²) in [5.74, 6) is 0.119. The SMILES string of the molecule is Cl.NC(N)=N/N=C/c1ccc(O)cc1. The van der Waals surface area contributed by atoms with Gasteiger partial charge in [0.15, 0.2) is 0 Å². The van der Waals surface area contributed by atoms with Gasteiger partial charge in [0, 0.05) is 0 Å². The summed E-state index contributed by atoms with van der Waals surface area (Å²) >= 11 is 0. The topological polar surface area (TPSA) is 97.0 Å². The van der Waals surface area contributed by atoms with Crippen molar-refractivity contribution in [2.24, 2.45) is 21.7 Å². The molecule has 0 saturated carbocycles. The van der Waals surface area contributed by atoms with Crippen LogP contribution < -0.4 is 11.5 Å². The van der Waals surface area contributed by atoms with Gasteiger partial charge in [-0.15, -0.1) is 17.5 Å². The molecule has 5 nitrogen and oxygen atoms in total. The highest BCUT2D eigenvalue weighted by Gasteiger charge is 1.87. The van der Waals surface area contributed by atoms with Crippen molar-refractivity contribution in [3.8, 4) is 5.75 Å². The second-order valence-electron chi connectivity index (χ2n) is 2.36. The quantitative estimate of drug-likeness (QED) is 0.378. The van der Waals surface area contributed by atoms with Crippen LogP contribution in [0.1, 0.15) is 5.56 Å². The lowest BCUT2D eigenvalue weighted by Crippen LogP contribution is -2.21. The minimum atomic E-state index is -0.0879. The molecular weight excluding hydrogens is 204 g/mol. The van der Waals surface area contributed by atoms with Gasteiger partial charge in [0.1, 0.15) is 5.75 Å². The lowest BCUT2D eigenvalue weighted by molar-refractivity contribution is 0.475. The zero-order valence-electron chi connectivity index (χ0n) is 7.29. The Bertz CT molecular complexity index is 330. The van der Waals surface area contributed by atoms with Gasteiger partial charge >= 0.3 is 0 Å². The number of rotatable bonds is 2. The van der Waals surface area contributed by atoms with E-state index < -0.39 is 0 Å². The molecule has 0 atom stereocenters. The maximum Gasteiger partial charge on any atom is 0.211 e. The minimum absolute atomic E-state index is 0. The smallest absolute Gasteiger partial charge is 0.211 e. The molecule has 1 aromatic carbocycles. The maximum absolute atomic E-state index is 8.96. The monoisotopic (exact) mass is 214 g/mol. The number of hydrogen-bond acceptors (Lipinski definition) is 3. The summed E-state index contributed by atoms with van der Waals surface area (Å²) in [5.41, 5.74) is 10.9. The molecule has 0 aliphatic carbocycles. The second-order valence-corrected chi connectivity index (χ2v) is 2.36. The van der Waals surface area contributed by atoms with E-state index in [2.05, 4.69) is 10.2 Å². The van der Waals surface area contributed by atoms with Crippen molar-refractivity contribution in [1.82, 2.24) is 0 Å². The van der Waals surface area contributed by atoms with Crippen molar-refractivity contribution < 1.29 is 5.11 Å². The Morgan fingerprint density at radius 2 is 1.79 bits per heavy atom. The van der Waals surface area contributed by atoms with E-state index in [4.69, 9.17) is 16.6 Å². The van der Waals surface area contributed by atoms with Crippen LogP contribution in [0.3, 0.4) is 0 Å². The molecule has 76 valence electrons. The van der Waals surface area contributed by atoms with E-state index in [1.165, 1.54) is 6.21 Å². The Morgan fingerprint density at radius 1 is 1.21 bits per heavy atom. The van der Waals surface area contributed by atoms with Crippen LogP contribution in [0.2, 0.25) is 0 Å². The van der Waals surface area contributed by atoms with E-state index in [1.807, 2.05) is 0 Å². The highest BCUT2D eigenvalue weighted by molar-refractivity contribution is 5.85. The van der Waals surface area contributed by atoms with Crippen LogP contribution in [-0.2, 0) is 0 Å². The number of phenolic OH excluding ortho intramolecular Hbond substituents is 1. The Hall–Kier alpha value is -1.75. The van der Waals surface area contributed by atoms with Crippen LogP contribution in [0.5, 0.6) is 5.75 Å². The average molecular weight is 215 g/mol. The van der Waals surface area contributed by atoms with Gasteiger partial charge in [-0.1, -0.05) is 0 Å². The molecule has 5 N–H and O–H groups in total. The summed E-state index contributed by atoms with van der Waals surface area (Å²) < 4.78 is 0. The average Bonchev–Trinajstić information content (AvgIpc) is 2.08. The van der Waals surface area contributed by atoms with Crippen molar-refractivity contribution in [2.45, 2.75) is 0 Å².